The highest BCUT2D eigenvalue weighted by atomic mass is 16.4. The number of hydrogen-bond donors (Lipinski definition) is 2. The molecular formula is C15H24N2O3. The minimum atomic E-state index is -0.818. The minimum absolute atomic E-state index is 0.0264. The molecule has 0 aliphatic carbocycles. The number of aryl methyl sites for hydroxylation is 1. The maximum atomic E-state index is 12.1. The maximum absolute atomic E-state index is 12.1. The lowest BCUT2D eigenvalue weighted by Gasteiger charge is -2.18. The van der Waals surface area contributed by atoms with Crippen LogP contribution in [0.1, 0.15) is 44.1 Å². The number of carbonyl (C=O) groups excluding carboxylic acids is 1. The van der Waals surface area contributed by atoms with Crippen LogP contribution in [0.25, 0.3) is 0 Å². The van der Waals surface area contributed by atoms with E-state index in [1.807, 2.05) is 23.8 Å². The molecule has 0 saturated carbocycles. The number of carbonyl (C=O) groups is 2. The van der Waals surface area contributed by atoms with E-state index >= 15 is 0 Å². The number of carboxylic acids is 1. The molecule has 1 aromatic heterocycles. The van der Waals surface area contributed by atoms with Gasteiger partial charge in [-0.2, -0.15) is 0 Å². The Labute approximate surface area is 120 Å². The van der Waals surface area contributed by atoms with Crippen molar-refractivity contribution in [3.05, 3.63) is 24.0 Å². The largest absolute Gasteiger partial charge is 0.481 e. The molecule has 1 atom stereocenters. The van der Waals surface area contributed by atoms with Gasteiger partial charge in [-0.1, -0.05) is 13.8 Å². The van der Waals surface area contributed by atoms with Gasteiger partial charge in [-0.15, -0.1) is 0 Å². The first-order valence-corrected chi connectivity index (χ1v) is 7.09. The normalized spacial score (nSPS) is 12.4. The Bertz CT molecular complexity index is 452. The van der Waals surface area contributed by atoms with E-state index in [1.165, 1.54) is 0 Å². The van der Waals surface area contributed by atoms with Gasteiger partial charge >= 0.3 is 5.97 Å². The van der Waals surface area contributed by atoms with E-state index in [9.17, 15) is 9.59 Å². The van der Waals surface area contributed by atoms with Gasteiger partial charge in [0.05, 0.1) is 0 Å². The van der Waals surface area contributed by atoms with Crippen molar-refractivity contribution in [1.29, 1.82) is 0 Å². The molecular weight excluding hydrogens is 256 g/mol. The Morgan fingerprint density at radius 1 is 1.40 bits per heavy atom. The van der Waals surface area contributed by atoms with Crippen molar-refractivity contribution in [2.24, 2.45) is 11.8 Å². The van der Waals surface area contributed by atoms with Crippen LogP contribution in [0.15, 0.2) is 18.3 Å². The molecule has 0 spiro atoms. The number of carboxylic acid groups (broad SMARTS) is 1. The average molecular weight is 280 g/mol. The van der Waals surface area contributed by atoms with Gasteiger partial charge in [0.15, 0.2) is 0 Å². The van der Waals surface area contributed by atoms with Crippen LogP contribution in [0.2, 0.25) is 0 Å². The lowest BCUT2D eigenvalue weighted by molar-refractivity contribution is -0.138. The highest BCUT2D eigenvalue weighted by Crippen LogP contribution is 2.15. The molecule has 0 fully saturated rings. The first kappa shape index (κ1) is 16.3. The zero-order valence-electron chi connectivity index (χ0n) is 12.4. The topological polar surface area (TPSA) is 71.3 Å². The third kappa shape index (κ3) is 5.07. The zero-order chi connectivity index (χ0) is 15.1. The zero-order valence-corrected chi connectivity index (χ0v) is 12.4. The van der Waals surface area contributed by atoms with Gasteiger partial charge < -0.3 is 15.0 Å². The van der Waals surface area contributed by atoms with E-state index in [4.69, 9.17) is 5.11 Å². The van der Waals surface area contributed by atoms with Crippen LogP contribution >= 0.6 is 0 Å². The summed E-state index contributed by atoms with van der Waals surface area (Å²) in [6.45, 7) is 7.22. The molecule has 5 nitrogen and oxygen atoms in total. The van der Waals surface area contributed by atoms with Gasteiger partial charge in [0.2, 0.25) is 0 Å². The Morgan fingerprint density at radius 2 is 2.10 bits per heavy atom. The summed E-state index contributed by atoms with van der Waals surface area (Å²) in [5.41, 5.74) is 0.617. The SMILES string of the molecule is CCn1cccc1C(=O)NCC(CC(=O)O)CC(C)C. The Hall–Kier alpha value is -1.78. The van der Waals surface area contributed by atoms with E-state index in [2.05, 4.69) is 19.2 Å². The molecule has 2 N–H and O–H groups in total. The van der Waals surface area contributed by atoms with Gasteiger partial charge in [-0.25, -0.2) is 0 Å². The van der Waals surface area contributed by atoms with Crippen LogP contribution in [0.4, 0.5) is 0 Å². The fourth-order valence-corrected chi connectivity index (χ4v) is 2.38. The highest BCUT2D eigenvalue weighted by molar-refractivity contribution is 5.92. The van der Waals surface area contributed by atoms with Crippen LogP contribution < -0.4 is 5.32 Å². The second kappa shape index (κ2) is 7.72. The number of aliphatic carboxylic acids is 1. The Balaban J connectivity index is 2.58. The summed E-state index contributed by atoms with van der Waals surface area (Å²) in [6.07, 6.45) is 2.74. The summed E-state index contributed by atoms with van der Waals surface area (Å²) in [4.78, 5) is 22.9. The van der Waals surface area contributed by atoms with E-state index in [0.717, 1.165) is 13.0 Å². The minimum Gasteiger partial charge on any atom is -0.481 e. The fraction of sp³-hybridized carbons (Fsp3) is 0.600. The predicted octanol–water partition coefficient (Wildman–Crippen LogP) is 2.37. The van der Waals surface area contributed by atoms with Crippen molar-refractivity contribution in [2.75, 3.05) is 6.54 Å². The number of rotatable bonds is 8. The van der Waals surface area contributed by atoms with E-state index in [-0.39, 0.29) is 18.2 Å². The number of amides is 1. The summed E-state index contributed by atoms with van der Waals surface area (Å²) >= 11 is 0. The molecule has 1 unspecified atom stereocenters. The molecule has 0 aliphatic heterocycles. The van der Waals surface area contributed by atoms with Gasteiger partial charge in [-0.3, -0.25) is 9.59 Å². The second-order valence-corrected chi connectivity index (χ2v) is 5.48. The van der Waals surface area contributed by atoms with Gasteiger partial charge in [0, 0.05) is 25.7 Å². The molecule has 1 heterocycles. The maximum Gasteiger partial charge on any atom is 0.303 e. The molecule has 0 aromatic carbocycles. The first-order chi connectivity index (χ1) is 9.43. The van der Waals surface area contributed by atoms with Crippen LogP contribution in [0.3, 0.4) is 0 Å². The van der Waals surface area contributed by atoms with Gasteiger partial charge in [0.1, 0.15) is 5.69 Å². The number of nitrogens with one attached hydrogen (secondary N) is 1. The molecule has 1 amide bonds. The van der Waals surface area contributed by atoms with Crippen molar-refractivity contribution in [1.82, 2.24) is 9.88 Å². The summed E-state index contributed by atoms with van der Waals surface area (Å²) < 4.78 is 1.87. The first-order valence-electron chi connectivity index (χ1n) is 7.09. The van der Waals surface area contributed by atoms with Crippen molar-refractivity contribution < 1.29 is 14.7 Å². The third-order valence-corrected chi connectivity index (χ3v) is 3.22. The summed E-state index contributed by atoms with van der Waals surface area (Å²) in [6, 6.07) is 3.61. The summed E-state index contributed by atoms with van der Waals surface area (Å²) in [5.74, 6) is -0.574. The average Bonchev–Trinajstić information content (AvgIpc) is 2.82. The Morgan fingerprint density at radius 3 is 2.65 bits per heavy atom. The van der Waals surface area contributed by atoms with Crippen molar-refractivity contribution >= 4 is 11.9 Å². The molecule has 0 aliphatic rings. The highest BCUT2D eigenvalue weighted by Gasteiger charge is 2.17. The molecule has 0 bridgehead atoms. The van der Waals surface area contributed by atoms with E-state index < -0.39 is 5.97 Å². The van der Waals surface area contributed by atoms with Crippen LogP contribution in [-0.2, 0) is 11.3 Å². The molecule has 20 heavy (non-hydrogen) atoms. The lowest BCUT2D eigenvalue weighted by atomic mass is 9.94. The van der Waals surface area contributed by atoms with Crippen LogP contribution in [0.5, 0.6) is 0 Å². The van der Waals surface area contributed by atoms with Crippen molar-refractivity contribution in [3.8, 4) is 0 Å². The standard InChI is InChI=1S/C15H24N2O3/c1-4-17-7-5-6-13(17)15(20)16-10-12(8-11(2)3)9-14(18)19/h5-7,11-12H,4,8-10H2,1-3H3,(H,16,20)(H,18,19). The lowest BCUT2D eigenvalue weighted by Crippen LogP contribution is -2.32. The van der Waals surface area contributed by atoms with Gasteiger partial charge in [0.25, 0.3) is 5.91 Å². The summed E-state index contributed by atoms with van der Waals surface area (Å²) in [5, 5.41) is 11.8. The van der Waals surface area contributed by atoms with Crippen LogP contribution in [-0.4, -0.2) is 28.1 Å². The van der Waals surface area contributed by atoms with E-state index in [0.29, 0.717) is 18.2 Å². The Kier molecular flexibility index (Phi) is 6.28. The number of aromatic nitrogens is 1. The number of nitrogens with zero attached hydrogens (tertiary/aromatic N) is 1. The molecule has 5 heteroatoms. The molecule has 0 radical (unpaired) electrons. The third-order valence-electron chi connectivity index (χ3n) is 3.22. The van der Waals surface area contributed by atoms with Crippen molar-refractivity contribution in [2.45, 2.75) is 40.2 Å². The fourth-order valence-electron chi connectivity index (χ4n) is 2.38. The van der Waals surface area contributed by atoms with E-state index in [1.54, 1.807) is 6.07 Å². The molecule has 1 aromatic rings. The smallest absolute Gasteiger partial charge is 0.303 e. The predicted molar refractivity (Wildman–Crippen MR) is 77.6 cm³/mol. The molecule has 0 saturated heterocycles. The second-order valence-electron chi connectivity index (χ2n) is 5.48. The van der Waals surface area contributed by atoms with Crippen LogP contribution in [0, 0.1) is 11.8 Å². The molecule has 112 valence electrons. The number of hydrogen-bond acceptors (Lipinski definition) is 2. The monoisotopic (exact) mass is 280 g/mol. The summed E-state index contributed by atoms with van der Waals surface area (Å²) in [7, 11) is 0. The molecule has 1 rings (SSSR count). The van der Waals surface area contributed by atoms with Crippen molar-refractivity contribution in [3.63, 3.8) is 0 Å². The van der Waals surface area contributed by atoms with Gasteiger partial charge in [-0.05, 0) is 37.3 Å². The quantitative estimate of drug-likeness (QED) is 0.768.